The molecule has 6 heavy (non-hydrogen) atoms. The maximum absolute atomic E-state index is 2.36. The Morgan fingerprint density at radius 3 is 1.67 bits per heavy atom. The number of hydrogen-bond acceptors (Lipinski definition) is 0. The highest BCUT2D eigenvalue weighted by Crippen LogP contribution is 2.13. The molecule has 0 spiro atoms. The predicted octanol–water partition coefficient (Wildman–Crippen LogP) is 0.581. The van der Waals surface area contributed by atoms with E-state index in [0.29, 0.717) is 0 Å². The van der Waals surface area contributed by atoms with Crippen LogP contribution in [0.15, 0.2) is 0 Å². The summed E-state index contributed by atoms with van der Waals surface area (Å²) in [7, 11) is 0. The van der Waals surface area contributed by atoms with Crippen molar-refractivity contribution < 1.29 is 0 Å². The molecule has 0 saturated heterocycles. The van der Waals surface area contributed by atoms with Gasteiger partial charge in [0.15, 0.2) is 17.4 Å². The Bertz CT molecular complexity index is 15.5. The largest absolute Gasteiger partial charge is 0.187 e. The van der Waals surface area contributed by atoms with Crippen LogP contribution in [0.2, 0.25) is 0 Å². The maximum atomic E-state index is 2.36. The Morgan fingerprint density at radius 2 is 1.50 bits per heavy atom. The van der Waals surface area contributed by atoms with Gasteiger partial charge in [-0.25, -0.2) is 0 Å². The molecule has 1 heteroatoms. The van der Waals surface area contributed by atoms with Gasteiger partial charge in [0.2, 0.25) is 0 Å². The van der Waals surface area contributed by atoms with Crippen LogP contribution < -0.4 is 0 Å². The zero-order valence-corrected chi connectivity index (χ0v) is 3.41. The van der Waals surface area contributed by atoms with Gasteiger partial charge in [-0.3, -0.25) is 0 Å². The fourth-order valence-corrected chi connectivity index (χ4v) is 0.722. The Kier molecular flexibility index (Phi) is 4.04. The van der Waals surface area contributed by atoms with Gasteiger partial charge in [-0.05, 0) is 6.42 Å². The quantitative estimate of drug-likeness (QED) is 0.390. The Hall–Kier alpha value is 0.532. The molecule has 0 N–H and O–H groups in total. The molecule has 1 fully saturated rings. The highest BCUT2D eigenvalue weighted by molar-refractivity contribution is 5.75. The van der Waals surface area contributed by atoms with Gasteiger partial charge in [-0.1, -0.05) is 25.7 Å². The van der Waals surface area contributed by atoms with Crippen LogP contribution >= 0.6 is 0 Å². The molecule has 0 heterocycles. The highest BCUT2D eigenvalue weighted by Gasteiger charge is 1.95. The molecule has 0 nitrogen and oxygen atoms in total. The van der Waals surface area contributed by atoms with Crippen molar-refractivity contribution >= 4 is 17.4 Å². The molecular formula is C5H12Al. The second-order valence-corrected chi connectivity index (χ2v) is 1.57. The van der Waals surface area contributed by atoms with Crippen LogP contribution in [0, 0.1) is 6.42 Å². The molecule has 0 aromatic rings. The Balaban J connectivity index is 0.000000250. The van der Waals surface area contributed by atoms with Crippen molar-refractivity contribution in [2.24, 2.45) is 0 Å². The lowest BCUT2D eigenvalue weighted by atomic mass is 10.4. The van der Waals surface area contributed by atoms with Crippen molar-refractivity contribution in [1.29, 1.82) is 0 Å². The average molecular weight is 99.1 g/mol. The monoisotopic (exact) mass is 99.1 g/mol. The Morgan fingerprint density at radius 1 is 1.00 bits per heavy atom. The Labute approximate surface area is 50.1 Å². The third-order valence-electron chi connectivity index (χ3n) is 1.07. The molecule has 1 saturated carbocycles. The van der Waals surface area contributed by atoms with Crippen LogP contribution in [0.25, 0.3) is 0 Å². The minimum absolute atomic E-state index is 0. The predicted molar refractivity (Wildman–Crippen MR) is 32.7 cm³/mol. The standard InChI is InChI=1S/C5H9.Al.3H/c1-2-4-5-3-1;;;;/h1H,2-5H2;;;;. The zero-order valence-electron chi connectivity index (χ0n) is 3.41. The van der Waals surface area contributed by atoms with Gasteiger partial charge in [-0.2, -0.15) is 0 Å². The lowest BCUT2D eigenvalue weighted by Crippen LogP contribution is -1.50. The molecule has 1 aliphatic carbocycles. The van der Waals surface area contributed by atoms with Gasteiger partial charge in [0.05, 0.1) is 0 Å². The third-order valence-corrected chi connectivity index (χ3v) is 1.07. The number of hydrogen-bond donors (Lipinski definition) is 0. The molecule has 0 aromatic carbocycles. The molecule has 35 valence electrons. The van der Waals surface area contributed by atoms with Crippen molar-refractivity contribution in [1.82, 2.24) is 0 Å². The van der Waals surface area contributed by atoms with E-state index in [1.807, 2.05) is 0 Å². The lowest BCUT2D eigenvalue weighted by Gasteiger charge is -1.67. The molecule has 1 rings (SSSR count). The van der Waals surface area contributed by atoms with E-state index in [-0.39, 0.29) is 17.4 Å². The molecule has 0 aromatic heterocycles. The van der Waals surface area contributed by atoms with Gasteiger partial charge >= 0.3 is 0 Å². The minimum atomic E-state index is 0. The van der Waals surface area contributed by atoms with E-state index >= 15 is 0 Å². The van der Waals surface area contributed by atoms with E-state index in [9.17, 15) is 0 Å². The van der Waals surface area contributed by atoms with Gasteiger partial charge in [0.25, 0.3) is 0 Å². The second-order valence-electron chi connectivity index (χ2n) is 1.57. The summed E-state index contributed by atoms with van der Waals surface area (Å²) in [6.07, 6.45) is 8.00. The van der Waals surface area contributed by atoms with Gasteiger partial charge in [0, 0.05) is 0 Å². The van der Waals surface area contributed by atoms with E-state index in [1.165, 1.54) is 25.7 Å². The van der Waals surface area contributed by atoms with Crippen molar-refractivity contribution in [2.75, 3.05) is 0 Å². The first-order valence-corrected chi connectivity index (χ1v) is 2.32. The molecule has 1 radical (unpaired) electrons. The van der Waals surface area contributed by atoms with E-state index in [4.69, 9.17) is 0 Å². The fourth-order valence-electron chi connectivity index (χ4n) is 0.722. The van der Waals surface area contributed by atoms with Crippen LogP contribution in [-0.4, -0.2) is 17.4 Å². The van der Waals surface area contributed by atoms with Crippen molar-refractivity contribution in [3.05, 3.63) is 6.42 Å². The highest BCUT2D eigenvalue weighted by atomic mass is 27.0. The van der Waals surface area contributed by atoms with E-state index in [0.717, 1.165) is 0 Å². The van der Waals surface area contributed by atoms with Gasteiger partial charge < -0.3 is 0 Å². The second kappa shape index (κ2) is 3.71. The topological polar surface area (TPSA) is 0 Å². The molecule has 0 aliphatic heterocycles. The zero-order chi connectivity index (χ0) is 3.54. The van der Waals surface area contributed by atoms with Gasteiger partial charge in [-0.15, -0.1) is 0 Å². The normalized spacial score (nSPS) is 20.0. The van der Waals surface area contributed by atoms with E-state index in [1.54, 1.807) is 0 Å². The van der Waals surface area contributed by atoms with Gasteiger partial charge in [0.1, 0.15) is 0 Å². The SMILES string of the molecule is [AlH3].[CH]1CCCC1. The van der Waals surface area contributed by atoms with Crippen LogP contribution in [-0.2, 0) is 0 Å². The maximum Gasteiger partial charge on any atom is 0.187 e. The molecule has 0 atom stereocenters. The summed E-state index contributed by atoms with van der Waals surface area (Å²) in [6.45, 7) is 0. The summed E-state index contributed by atoms with van der Waals surface area (Å²) in [5, 5.41) is 0. The molecule has 0 amide bonds. The summed E-state index contributed by atoms with van der Waals surface area (Å²) < 4.78 is 0. The summed E-state index contributed by atoms with van der Waals surface area (Å²) in [6, 6.07) is 0. The molecule has 0 unspecified atom stereocenters. The summed E-state index contributed by atoms with van der Waals surface area (Å²) >= 11 is 0. The van der Waals surface area contributed by atoms with Crippen LogP contribution in [0.3, 0.4) is 0 Å². The van der Waals surface area contributed by atoms with Crippen LogP contribution in [0.4, 0.5) is 0 Å². The summed E-state index contributed by atoms with van der Waals surface area (Å²) in [4.78, 5) is 0. The van der Waals surface area contributed by atoms with Crippen molar-refractivity contribution in [3.8, 4) is 0 Å². The fraction of sp³-hybridized carbons (Fsp3) is 0.800. The van der Waals surface area contributed by atoms with Crippen LogP contribution in [0.5, 0.6) is 0 Å². The average Bonchev–Trinajstić information content (AvgIpc) is 1.76. The summed E-state index contributed by atoms with van der Waals surface area (Å²) in [5.74, 6) is 0. The molecule has 1 aliphatic rings. The minimum Gasteiger partial charge on any atom is -0.0530 e. The number of rotatable bonds is 0. The first kappa shape index (κ1) is 6.53. The van der Waals surface area contributed by atoms with Crippen molar-refractivity contribution in [3.63, 3.8) is 0 Å². The lowest BCUT2D eigenvalue weighted by molar-refractivity contribution is 0.886. The van der Waals surface area contributed by atoms with Crippen LogP contribution in [0.1, 0.15) is 25.7 Å². The van der Waals surface area contributed by atoms with E-state index in [2.05, 4.69) is 6.42 Å². The molecular weight excluding hydrogens is 87.0 g/mol. The first-order valence-electron chi connectivity index (χ1n) is 2.32. The summed E-state index contributed by atoms with van der Waals surface area (Å²) in [5.41, 5.74) is 0. The first-order chi connectivity index (χ1) is 2.50. The third kappa shape index (κ3) is 1.85. The molecule has 0 bridgehead atoms. The van der Waals surface area contributed by atoms with E-state index < -0.39 is 0 Å². The smallest absolute Gasteiger partial charge is 0.0530 e. The van der Waals surface area contributed by atoms with Crippen molar-refractivity contribution in [2.45, 2.75) is 25.7 Å².